The van der Waals surface area contributed by atoms with Crippen molar-refractivity contribution in [3.8, 4) is 0 Å². The summed E-state index contributed by atoms with van der Waals surface area (Å²) in [6, 6.07) is 8.97. The SMILES string of the molecule is CCCn1nc(C(=O)NC2CC3COCC(C2)N3C)c2ccccc21. The van der Waals surface area contributed by atoms with Crippen LogP contribution in [-0.4, -0.2) is 59.0 Å². The molecule has 2 saturated heterocycles. The van der Waals surface area contributed by atoms with Crippen LogP contribution in [0.25, 0.3) is 10.9 Å². The van der Waals surface area contributed by atoms with Crippen molar-refractivity contribution in [3.63, 3.8) is 0 Å². The highest BCUT2D eigenvalue weighted by molar-refractivity contribution is 6.04. The summed E-state index contributed by atoms with van der Waals surface area (Å²) < 4.78 is 7.61. The molecule has 3 heterocycles. The van der Waals surface area contributed by atoms with Crippen LogP contribution in [0.2, 0.25) is 0 Å². The average Bonchev–Trinajstić information content (AvgIpc) is 2.95. The summed E-state index contributed by atoms with van der Waals surface area (Å²) >= 11 is 0. The summed E-state index contributed by atoms with van der Waals surface area (Å²) in [4.78, 5) is 15.3. The van der Waals surface area contributed by atoms with E-state index < -0.39 is 0 Å². The second kappa shape index (κ2) is 6.77. The van der Waals surface area contributed by atoms with Gasteiger partial charge in [-0.15, -0.1) is 0 Å². The molecule has 2 unspecified atom stereocenters. The van der Waals surface area contributed by atoms with E-state index in [9.17, 15) is 4.79 Å². The molecule has 134 valence electrons. The van der Waals surface area contributed by atoms with Crippen molar-refractivity contribution in [1.82, 2.24) is 20.0 Å². The Morgan fingerprint density at radius 1 is 1.28 bits per heavy atom. The lowest BCUT2D eigenvalue weighted by Gasteiger charge is -2.46. The Morgan fingerprint density at radius 3 is 2.72 bits per heavy atom. The number of carbonyl (C=O) groups is 1. The third kappa shape index (κ3) is 3.04. The van der Waals surface area contributed by atoms with Crippen molar-refractivity contribution in [3.05, 3.63) is 30.0 Å². The fourth-order valence-corrected chi connectivity index (χ4v) is 4.14. The van der Waals surface area contributed by atoms with Crippen molar-refractivity contribution in [2.45, 2.75) is 50.9 Å². The zero-order valence-electron chi connectivity index (χ0n) is 14.9. The molecule has 0 radical (unpaired) electrons. The monoisotopic (exact) mass is 342 g/mol. The quantitative estimate of drug-likeness (QED) is 0.924. The van der Waals surface area contributed by atoms with Gasteiger partial charge < -0.3 is 10.1 Å². The molecule has 2 bridgehead atoms. The molecule has 2 aliphatic heterocycles. The van der Waals surface area contributed by atoms with Crippen LogP contribution in [0.15, 0.2) is 24.3 Å². The third-order valence-electron chi connectivity index (χ3n) is 5.53. The summed E-state index contributed by atoms with van der Waals surface area (Å²) in [6.45, 7) is 4.46. The van der Waals surface area contributed by atoms with Crippen LogP contribution in [0.1, 0.15) is 36.7 Å². The van der Waals surface area contributed by atoms with E-state index in [0.29, 0.717) is 17.8 Å². The van der Waals surface area contributed by atoms with Gasteiger partial charge >= 0.3 is 0 Å². The number of nitrogens with one attached hydrogen (secondary N) is 1. The normalized spacial score (nSPS) is 26.7. The molecule has 2 aromatic rings. The summed E-state index contributed by atoms with van der Waals surface area (Å²) in [5.74, 6) is -0.0559. The molecule has 1 amide bonds. The largest absolute Gasteiger partial charge is 0.378 e. The molecule has 0 aliphatic carbocycles. The van der Waals surface area contributed by atoms with E-state index in [2.05, 4.69) is 29.3 Å². The van der Waals surface area contributed by atoms with Gasteiger partial charge in [-0.1, -0.05) is 25.1 Å². The maximum atomic E-state index is 12.9. The van der Waals surface area contributed by atoms with Crippen LogP contribution in [0, 0.1) is 0 Å². The van der Waals surface area contributed by atoms with E-state index in [1.807, 2.05) is 28.9 Å². The van der Waals surface area contributed by atoms with E-state index >= 15 is 0 Å². The van der Waals surface area contributed by atoms with Crippen molar-refractivity contribution in [2.24, 2.45) is 0 Å². The Morgan fingerprint density at radius 2 is 2.00 bits per heavy atom. The second-order valence-electron chi connectivity index (χ2n) is 7.24. The Labute approximate surface area is 148 Å². The van der Waals surface area contributed by atoms with Crippen molar-refractivity contribution < 1.29 is 9.53 Å². The van der Waals surface area contributed by atoms with Gasteiger partial charge in [-0.3, -0.25) is 14.4 Å². The zero-order chi connectivity index (χ0) is 17.4. The lowest BCUT2D eigenvalue weighted by Crippen LogP contribution is -2.59. The molecule has 4 rings (SSSR count). The average molecular weight is 342 g/mol. The molecular formula is C19H26N4O2. The number of amides is 1. The first-order valence-corrected chi connectivity index (χ1v) is 9.23. The fraction of sp³-hybridized carbons (Fsp3) is 0.579. The lowest BCUT2D eigenvalue weighted by molar-refractivity contribution is -0.0670. The summed E-state index contributed by atoms with van der Waals surface area (Å²) in [5, 5.41) is 8.77. The number of benzene rings is 1. The molecule has 2 aliphatic rings. The number of para-hydroxylation sites is 1. The van der Waals surface area contributed by atoms with Crippen LogP contribution in [0.3, 0.4) is 0 Å². The van der Waals surface area contributed by atoms with Crippen LogP contribution >= 0.6 is 0 Å². The first-order chi connectivity index (χ1) is 12.2. The number of nitrogens with zero attached hydrogens (tertiary/aromatic N) is 3. The van der Waals surface area contributed by atoms with Crippen LogP contribution < -0.4 is 5.32 Å². The van der Waals surface area contributed by atoms with E-state index in [0.717, 1.165) is 49.9 Å². The third-order valence-corrected chi connectivity index (χ3v) is 5.53. The maximum absolute atomic E-state index is 12.9. The number of piperidine rings is 1. The van der Waals surface area contributed by atoms with Gasteiger partial charge in [-0.05, 0) is 32.4 Å². The number of hydrogen-bond acceptors (Lipinski definition) is 4. The van der Waals surface area contributed by atoms with Crippen LogP contribution in [0.4, 0.5) is 0 Å². The Balaban J connectivity index is 1.54. The molecule has 2 atom stereocenters. The zero-order valence-corrected chi connectivity index (χ0v) is 14.9. The minimum atomic E-state index is -0.0559. The van der Waals surface area contributed by atoms with Gasteiger partial charge in [0.15, 0.2) is 5.69 Å². The van der Waals surface area contributed by atoms with Crippen molar-refractivity contribution >= 4 is 16.8 Å². The van der Waals surface area contributed by atoms with Crippen molar-refractivity contribution in [2.75, 3.05) is 20.3 Å². The van der Waals surface area contributed by atoms with E-state index in [1.165, 1.54) is 0 Å². The molecule has 2 fully saturated rings. The number of morpholine rings is 1. The minimum absolute atomic E-state index is 0.0559. The molecule has 6 nitrogen and oxygen atoms in total. The second-order valence-corrected chi connectivity index (χ2v) is 7.24. The fourth-order valence-electron chi connectivity index (χ4n) is 4.14. The van der Waals surface area contributed by atoms with E-state index in [1.54, 1.807) is 0 Å². The molecular weight excluding hydrogens is 316 g/mol. The lowest BCUT2D eigenvalue weighted by atomic mass is 9.90. The Kier molecular flexibility index (Phi) is 4.48. The van der Waals surface area contributed by atoms with Crippen LogP contribution in [0.5, 0.6) is 0 Å². The topological polar surface area (TPSA) is 59.4 Å². The summed E-state index contributed by atoms with van der Waals surface area (Å²) in [7, 11) is 2.16. The number of hydrogen-bond donors (Lipinski definition) is 1. The number of carbonyl (C=O) groups excluding carboxylic acids is 1. The molecule has 1 aromatic carbocycles. The van der Waals surface area contributed by atoms with Gasteiger partial charge in [0.25, 0.3) is 5.91 Å². The molecule has 1 N–H and O–H groups in total. The van der Waals surface area contributed by atoms with E-state index in [-0.39, 0.29) is 11.9 Å². The summed E-state index contributed by atoms with van der Waals surface area (Å²) in [6.07, 6.45) is 2.86. The van der Waals surface area contributed by atoms with Gasteiger partial charge in [-0.2, -0.15) is 5.10 Å². The van der Waals surface area contributed by atoms with Gasteiger partial charge in [0.2, 0.25) is 0 Å². The van der Waals surface area contributed by atoms with Gasteiger partial charge in [-0.25, -0.2) is 0 Å². The van der Waals surface area contributed by atoms with E-state index in [4.69, 9.17) is 4.74 Å². The predicted molar refractivity (Wildman–Crippen MR) is 96.7 cm³/mol. The Hall–Kier alpha value is -1.92. The molecule has 25 heavy (non-hydrogen) atoms. The first-order valence-electron chi connectivity index (χ1n) is 9.23. The summed E-state index contributed by atoms with van der Waals surface area (Å²) in [5.41, 5.74) is 1.58. The molecule has 0 spiro atoms. The number of likely N-dealkylation sites (N-methyl/N-ethyl adjacent to an activating group) is 1. The standard InChI is InChI=1S/C19H26N4O2/c1-3-8-23-17-7-5-4-6-16(17)18(21-23)19(24)20-13-9-14-11-25-12-15(10-13)22(14)2/h4-7,13-15H,3,8-12H2,1-2H3,(H,20,24). The predicted octanol–water partition coefficient (Wildman–Crippen LogP) is 2.04. The highest BCUT2D eigenvalue weighted by atomic mass is 16.5. The maximum Gasteiger partial charge on any atom is 0.272 e. The van der Waals surface area contributed by atoms with Gasteiger partial charge in [0.1, 0.15) is 0 Å². The number of fused-ring (bicyclic) bond motifs is 3. The van der Waals surface area contributed by atoms with Crippen LogP contribution in [-0.2, 0) is 11.3 Å². The highest BCUT2D eigenvalue weighted by Crippen LogP contribution is 2.27. The van der Waals surface area contributed by atoms with Gasteiger partial charge in [0, 0.05) is 30.1 Å². The van der Waals surface area contributed by atoms with Crippen molar-refractivity contribution in [1.29, 1.82) is 0 Å². The molecule has 0 saturated carbocycles. The number of rotatable bonds is 4. The highest BCUT2D eigenvalue weighted by Gasteiger charge is 2.37. The smallest absolute Gasteiger partial charge is 0.272 e. The number of aromatic nitrogens is 2. The minimum Gasteiger partial charge on any atom is -0.378 e. The number of ether oxygens (including phenoxy) is 1. The molecule has 6 heteroatoms. The molecule has 1 aromatic heterocycles. The van der Waals surface area contributed by atoms with Gasteiger partial charge in [0.05, 0.1) is 18.7 Å². The first kappa shape index (κ1) is 16.5. The Bertz CT molecular complexity index is 758. The number of aryl methyl sites for hydroxylation is 1.